The lowest BCUT2D eigenvalue weighted by Gasteiger charge is -2.04. The summed E-state index contributed by atoms with van der Waals surface area (Å²) in [5.41, 5.74) is 5.69. The summed E-state index contributed by atoms with van der Waals surface area (Å²) in [7, 11) is 1.12. The van der Waals surface area contributed by atoms with Crippen molar-refractivity contribution in [2.45, 2.75) is 20.2 Å². The van der Waals surface area contributed by atoms with Crippen molar-refractivity contribution in [2.75, 3.05) is 0 Å². The Hall–Kier alpha value is -1.24. The Morgan fingerprint density at radius 3 is 2.29 bits per heavy atom. The third-order valence-electron chi connectivity index (χ3n) is 2.77. The highest BCUT2D eigenvalue weighted by atomic mass is 14.1. The molecule has 1 aromatic carbocycles. The number of allylic oxidation sites excluding steroid dienone is 4. The molecule has 0 spiro atoms. The zero-order valence-electron chi connectivity index (χ0n) is 8.88. The topological polar surface area (TPSA) is 0 Å². The van der Waals surface area contributed by atoms with E-state index in [2.05, 4.69) is 50.2 Å². The first-order valence-corrected chi connectivity index (χ1v) is 5.25. The molecule has 0 atom stereocenters. The van der Waals surface area contributed by atoms with Gasteiger partial charge in [-0.05, 0) is 24.5 Å². The van der Waals surface area contributed by atoms with Gasteiger partial charge in [-0.1, -0.05) is 54.3 Å². The van der Waals surface area contributed by atoms with Gasteiger partial charge in [0.15, 0.2) is 7.28 Å². The van der Waals surface area contributed by atoms with Crippen LogP contribution in [0.5, 0.6) is 0 Å². The summed E-state index contributed by atoms with van der Waals surface area (Å²) in [4.78, 5) is 0. The summed E-state index contributed by atoms with van der Waals surface area (Å²) in [5, 5.41) is 0. The van der Waals surface area contributed by atoms with E-state index in [1.807, 2.05) is 0 Å². The van der Waals surface area contributed by atoms with Gasteiger partial charge in [0.1, 0.15) is 0 Å². The van der Waals surface area contributed by atoms with Crippen LogP contribution in [0.15, 0.2) is 42.0 Å². The van der Waals surface area contributed by atoms with Gasteiger partial charge < -0.3 is 0 Å². The van der Waals surface area contributed by atoms with Crippen LogP contribution in [-0.2, 0) is 0 Å². The molecule has 0 bridgehead atoms. The molecule has 1 aromatic rings. The van der Waals surface area contributed by atoms with Crippen LogP contribution in [0.2, 0.25) is 6.82 Å². The van der Waals surface area contributed by atoms with Crippen LogP contribution in [0.1, 0.15) is 18.9 Å². The number of benzene rings is 1. The van der Waals surface area contributed by atoms with Crippen molar-refractivity contribution in [1.82, 2.24) is 0 Å². The van der Waals surface area contributed by atoms with Crippen LogP contribution in [-0.4, -0.2) is 7.28 Å². The zero-order valence-corrected chi connectivity index (χ0v) is 8.88. The van der Waals surface area contributed by atoms with E-state index in [-0.39, 0.29) is 0 Å². The van der Waals surface area contributed by atoms with Crippen molar-refractivity contribution < 1.29 is 0 Å². The molecule has 0 unspecified atom stereocenters. The lowest BCUT2D eigenvalue weighted by molar-refractivity contribution is 1.26. The van der Waals surface area contributed by atoms with Crippen molar-refractivity contribution >= 4 is 18.3 Å². The summed E-state index contributed by atoms with van der Waals surface area (Å²) in [6, 6.07) is 8.92. The first-order valence-electron chi connectivity index (χ1n) is 5.25. The second kappa shape index (κ2) is 3.87. The van der Waals surface area contributed by atoms with Gasteiger partial charge in [-0.15, -0.1) is 0 Å². The lowest BCUT2D eigenvalue weighted by Crippen LogP contribution is -2.09. The normalized spacial score (nSPS) is 15.0. The van der Waals surface area contributed by atoms with Gasteiger partial charge in [0.05, 0.1) is 0 Å². The second-order valence-electron chi connectivity index (χ2n) is 3.93. The average molecular weight is 182 g/mol. The molecule has 0 nitrogen and oxygen atoms in total. The first kappa shape index (κ1) is 9.33. The molecule has 0 aromatic heterocycles. The second-order valence-corrected chi connectivity index (χ2v) is 3.93. The van der Waals surface area contributed by atoms with Gasteiger partial charge in [-0.3, -0.25) is 0 Å². The van der Waals surface area contributed by atoms with E-state index in [1.165, 1.54) is 22.2 Å². The highest BCUT2D eigenvalue weighted by Crippen LogP contribution is 2.26. The van der Waals surface area contributed by atoms with Gasteiger partial charge >= 0.3 is 0 Å². The summed E-state index contributed by atoms with van der Waals surface area (Å²) < 4.78 is 0. The van der Waals surface area contributed by atoms with E-state index in [9.17, 15) is 0 Å². The highest BCUT2D eigenvalue weighted by molar-refractivity contribution is 6.51. The van der Waals surface area contributed by atoms with Crippen molar-refractivity contribution in [1.29, 1.82) is 0 Å². The monoisotopic (exact) mass is 182 g/mol. The number of rotatable bonds is 2. The van der Waals surface area contributed by atoms with E-state index in [0.717, 1.165) is 13.7 Å². The zero-order chi connectivity index (χ0) is 9.97. The maximum absolute atomic E-state index is 2.23. The fourth-order valence-corrected chi connectivity index (χ4v) is 1.81. The van der Waals surface area contributed by atoms with Crippen LogP contribution < -0.4 is 5.46 Å². The predicted molar refractivity (Wildman–Crippen MR) is 65.4 cm³/mol. The molecular formula is C13H15B. The molecule has 0 fully saturated rings. The van der Waals surface area contributed by atoms with Gasteiger partial charge in [0.25, 0.3) is 0 Å². The average Bonchev–Trinajstić information content (AvgIpc) is 2.65. The third kappa shape index (κ3) is 1.82. The minimum absolute atomic E-state index is 1.12. The molecular weight excluding hydrogens is 167 g/mol. The van der Waals surface area contributed by atoms with Crippen molar-refractivity contribution in [3.05, 3.63) is 47.6 Å². The Balaban J connectivity index is 2.19. The molecule has 1 aliphatic carbocycles. The molecule has 0 saturated heterocycles. The molecule has 0 aliphatic heterocycles. The molecule has 0 radical (unpaired) electrons. The van der Waals surface area contributed by atoms with Crippen LogP contribution in [0.3, 0.4) is 0 Å². The third-order valence-corrected chi connectivity index (χ3v) is 2.77. The Morgan fingerprint density at radius 1 is 1.07 bits per heavy atom. The van der Waals surface area contributed by atoms with E-state index in [4.69, 9.17) is 0 Å². The Labute approximate surface area is 86.6 Å². The van der Waals surface area contributed by atoms with Gasteiger partial charge in [0.2, 0.25) is 0 Å². The summed E-state index contributed by atoms with van der Waals surface area (Å²) in [6.45, 7) is 4.37. The molecule has 0 amide bonds. The summed E-state index contributed by atoms with van der Waals surface area (Å²) >= 11 is 0. The van der Waals surface area contributed by atoms with E-state index >= 15 is 0 Å². The molecule has 14 heavy (non-hydrogen) atoms. The van der Waals surface area contributed by atoms with E-state index in [1.54, 1.807) is 0 Å². The minimum Gasteiger partial charge on any atom is -0.0849 e. The van der Waals surface area contributed by atoms with Gasteiger partial charge in [0, 0.05) is 0 Å². The van der Waals surface area contributed by atoms with Crippen molar-refractivity contribution in [3.8, 4) is 0 Å². The minimum atomic E-state index is 1.12. The maximum atomic E-state index is 2.23. The van der Waals surface area contributed by atoms with Crippen LogP contribution >= 0.6 is 0 Å². The van der Waals surface area contributed by atoms with Gasteiger partial charge in [-0.2, -0.15) is 0 Å². The molecule has 1 aliphatic rings. The quantitative estimate of drug-likeness (QED) is 0.616. The van der Waals surface area contributed by atoms with E-state index < -0.39 is 0 Å². The molecule has 0 saturated carbocycles. The summed E-state index contributed by atoms with van der Waals surface area (Å²) in [5.74, 6) is 0. The van der Waals surface area contributed by atoms with Crippen LogP contribution in [0, 0.1) is 0 Å². The lowest BCUT2D eigenvalue weighted by atomic mass is 9.73. The molecule has 0 heterocycles. The fourth-order valence-electron chi connectivity index (χ4n) is 1.81. The maximum Gasteiger partial charge on any atom is 0.154 e. The Morgan fingerprint density at radius 2 is 1.79 bits per heavy atom. The van der Waals surface area contributed by atoms with E-state index in [0.29, 0.717) is 0 Å². The Bertz CT molecular complexity index is 382. The van der Waals surface area contributed by atoms with Crippen molar-refractivity contribution in [2.24, 2.45) is 0 Å². The highest BCUT2D eigenvalue weighted by Gasteiger charge is 2.06. The van der Waals surface area contributed by atoms with Crippen LogP contribution in [0.25, 0.3) is 5.57 Å². The fraction of sp³-hybridized carbons (Fsp3) is 0.231. The van der Waals surface area contributed by atoms with Crippen molar-refractivity contribution in [3.63, 3.8) is 0 Å². The van der Waals surface area contributed by atoms with Crippen LogP contribution in [0.4, 0.5) is 0 Å². The molecule has 1 heteroatoms. The standard InChI is InChI=1S/C13H15B/c1-10-3-4-12(9-10)11-5-7-13(14-2)8-6-11/h3-8,14H,9H2,1-2H3. The number of hydrogen-bond donors (Lipinski definition) is 0. The first-order chi connectivity index (χ1) is 6.79. The smallest absolute Gasteiger partial charge is 0.0849 e. The molecule has 70 valence electrons. The SMILES string of the molecule is CBc1ccc(C2=CC=C(C)C2)cc1. The molecule has 2 rings (SSSR count). The Kier molecular flexibility index (Phi) is 2.58. The largest absolute Gasteiger partial charge is 0.154 e. The predicted octanol–water partition coefficient (Wildman–Crippen LogP) is 2.53. The van der Waals surface area contributed by atoms with Gasteiger partial charge in [-0.25, -0.2) is 0 Å². The molecule has 0 N–H and O–H groups in total. The summed E-state index contributed by atoms with van der Waals surface area (Å²) in [6.07, 6.45) is 5.56. The number of hydrogen-bond acceptors (Lipinski definition) is 0.